The van der Waals surface area contributed by atoms with Crippen LogP contribution in [0.25, 0.3) is 0 Å². The molecule has 0 saturated carbocycles. The zero-order valence-electron chi connectivity index (χ0n) is 8.91. The Morgan fingerprint density at radius 1 is 1.50 bits per heavy atom. The smallest absolute Gasteiger partial charge is 0.120 e. The van der Waals surface area contributed by atoms with Crippen molar-refractivity contribution in [3.8, 4) is 5.75 Å². The Labute approximate surface area is 89.8 Å². The van der Waals surface area contributed by atoms with Crippen LogP contribution in [-0.2, 0) is 0 Å². The molecule has 1 aromatic rings. The van der Waals surface area contributed by atoms with Crippen molar-refractivity contribution in [2.75, 3.05) is 12.8 Å². The Balaban J connectivity index is 2.78. The highest BCUT2D eigenvalue weighted by Gasteiger charge is 2.05. The van der Waals surface area contributed by atoms with Crippen molar-refractivity contribution in [1.29, 1.82) is 0 Å². The van der Waals surface area contributed by atoms with E-state index in [0.29, 0.717) is 5.25 Å². The summed E-state index contributed by atoms with van der Waals surface area (Å²) < 4.78 is 5.09. The fraction of sp³-hybridized carbons (Fsp3) is 0.455. The van der Waals surface area contributed by atoms with Gasteiger partial charge in [0.05, 0.1) is 7.11 Å². The van der Waals surface area contributed by atoms with Gasteiger partial charge in [-0.2, -0.15) is 0 Å². The Morgan fingerprint density at radius 3 is 2.71 bits per heavy atom. The third kappa shape index (κ3) is 2.84. The summed E-state index contributed by atoms with van der Waals surface area (Å²) in [4.78, 5) is 1.14. The average Bonchev–Trinajstić information content (AvgIpc) is 2.20. The lowest BCUT2D eigenvalue weighted by Crippen LogP contribution is -1.96. The van der Waals surface area contributed by atoms with Crippen molar-refractivity contribution in [2.24, 2.45) is 0 Å². The molecule has 1 aromatic carbocycles. The summed E-state index contributed by atoms with van der Waals surface area (Å²) in [6.07, 6.45) is 1.15. The minimum absolute atomic E-state index is 0.602. The normalized spacial score (nSPS) is 12.5. The van der Waals surface area contributed by atoms with Crippen molar-refractivity contribution in [3.63, 3.8) is 0 Å². The first-order valence-electron chi connectivity index (χ1n) is 4.77. The van der Waals surface area contributed by atoms with E-state index in [9.17, 15) is 0 Å². The molecule has 1 rings (SSSR count). The van der Waals surface area contributed by atoms with E-state index in [4.69, 9.17) is 10.5 Å². The van der Waals surface area contributed by atoms with Crippen LogP contribution in [0, 0.1) is 0 Å². The molecular weight excluding hydrogens is 194 g/mol. The van der Waals surface area contributed by atoms with Gasteiger partial charge in [-0.05, 0) is 18.6 Å². The molecule has 0 aliphatic rings. The monoisotopic (exact) mass is 211 g/mol. The van der Waals surface area contributed by atoms with Gasteiger partial charge in [0.2, 0.25) is 0 Å². The largest absolute Gasteiger partial charge is 0.497 e. The third-order valence-corrected chi connectivity index (χ3v) is 3.48. The Kier molecular flexibility index (Phi) is 4.14. The predicted molar refractivity (Wildman–Crippen MR) is 63.0 cm³/mol. The van der Waals surface area contributed by atoms with E-state index in [2.05, 4.69) is 13.8 Å². The van der Waals surface area contributed by atoms with Crippen molar-refractivity contribution in [1.82, 2.24) is 0 Å². The second-order valence-corrected chi connectivity index (χ2v) is 4.72. The summed E-state index contributed by atoms with van der Waals surface area (Å²) in [5.74, 6) is 0.816. The van der Waals surface area contributed by atoms with Crippen LogP contribution in [0.5, 0.6) is 5.75 Å². The van der Waals surface area contributed by atoms with Crippen molar-refractivity contribution in [3.05, 3.63) is 18.2 Å². The molecule has 0 aliphatic heterocycles. The highest BCUT2D eigenvalue weighted by atomic mass is 32.2. The molecule has 2 N–H and O–H groups in total. The SMILES string of the molecule is CCC(C)Sc1ccc(OC)cc1N. The lowest BCUT2D eigenvalue weighted by Gasteiger charge is -2.11. The van der Waals surface area contributed by atoms with E-state index < -0.39 is 0 Å². The van der Waals surface area contributed by atoms with Crippen LogP contribution in [0.15, 0.2) is 23.1 Å². The zero-order chi connectivity index (χ0) is 10.6. The van der Waals surface area contributed by atoms with Crippen LogP contribution in [0.4, 0.5) is 5.69 Å². The minimum atomic E-state index is 0.602. The van der Waals surface area contributed by atoms with E-state index in [1.165, 1.54) is 0 Å². The second kappa shape index (κ2) is 5.15. The quantitative estimate of drug-likeness (QED) is 0.613. The first kappa shape index (κ1) is 11.2. The molecule has 0 aromatic heterocycles. The number of nitrogens with two attached hydrogens (primary N) is 1. The van der Waals surface area contributed by atoms with Gasteiger partial charge in [-0.15, -0.1) is 11.8 Å². The molecule has 0 radical (unpaired) electrons. The lowest BCUT2D eigenvalue weighted by atomic mass is 10.3. The molecule has 0 bridgehead atoms. The summed E-state index contributed by atoms with van der Waals surface area (Å²) in [5.41, 5.74) is 6.70. The number of ether oxygens (including phenoxy) is 1. The van der Waals surface area contributed by atoms with Crippen LogP contribution in [-0.4, -0.2) is 12.4 Å². The Bertz CT molecular complexity index is 301. The average molecular weight is 211 g/mol. The number of hydrogen-bond donors (Lipinski definition) is 1. The first-order chi connectivity index (χ1) is 6.67. The van der Waals surface area contributed by atoms with E-state index in [0.717, 1.165) is 22.8 Å². The van der Waals surface area contributed by atoms with Crippen molar-refractivity contribution >= 4 is 17.4 Å². The van der Waals surface area contributed by atoms with Gasteiger partial charge in [0.25, 0.3) is 0 Å². The van der Waals surface area contributed by atoms with Crippen molar-refractivity contribution in [2.45, 2.75) is 30.4 Å². The molecule has 3 heteroatoms. The maximum Gasteiger partial charge on any atom is 0.120 e. The second-order valence-electron chi connectivity index (χ2n) is 3.24. The summed E-state index contributed by atoms with van der Waals surface area (Å²) >= 11 is 1.81. The lowest BCUT2D eigenvalue weighted by molar-refractivity contribution is 0.415. The molecule has 0 amide bonds. The van der Waals surface area contributed by atoms with Gasteiger partial charge in [0.1, 0.15) is 5.75 Å². The summed E-state index contributed by atoms with van der Waals surface area (Å²) in [5, 5.41) is 0.602. The fourth-order valence-corrected chi connectivity index (χ4v) is 2.00. The van der Waals surface area contributed by atoms with Gasteiger partial charge in [0.15, 0.2) is 0 Å². The number of thioether (sulfide) groups is 1. The van der Waals surface area contributed by atoms with Gasteiger partial charge < -0.3 is 10.5 Å². The molecule has 1 atom stereocenters. The minimum Gasteiger partial charge on any atom is -0.497 e. The molecule has 14 heavy (non-hydrogen) atoms. The third-order valence-electron chi connectivity index (χ3n) is 2.12. The number of benzene rings is 1. The first-order valence-corrected chi connectivity index (χ1v) is 5.65. The molecule has 1 unspecified atom stereocenters. The summed E-state index contributed by atoms with van der Waals surface area (Å²) in [6, 6.07) is 5.83. The van der Waals surface area contributed by atoms with E-state index >= 15 is 0 Å². The molecule has 0 spiro atoms. The van der Waals surface area contributed by atoms with Gasteiger partial charge in [-0.1, -0.05) is 13.8 Å². The van der Waals surface area contributed by atoms with Gasteiger partial charge in [-0.25, -0.2) is 0 Å². The molecule has 78 valence electrons. The van der Waals surface area contributed by atoms with Gasteiger partial charge >= 0.3 is 0 Å². The maximum absolute atomic E-state index is 5.90. The summed E-state index contributed by atoms with van der Waals surface area (Å²) in [6.45, 7) is 4.38. The van der Waals surface area contributed by atoms with Crippen molar-refractivity contribution < 1.29 is 4.74 Å². The Hall–Kier alpha value is -0.830. The number of methoxy groups -OCH3 is 1. The molecule has 0 fully saturated rings. The van der Waals surface area contributed by atoms with Crippen LogP contribution in [0.1, 0.15) is 20.3 Å². The van der Waals surface area contributed by atoms with Crippen LogP contribution in [0.3, 0.4) is 0 Å². The molecular formula is C11H17NOS. The molecule has 0 heterocycles. The maximum atomic E-state index is 5.90. The predicted octanol–water partition coefficient (Wildman–Crippen LogP) is 3.17. The van der Waals surface area contributed by atoms with Crippen LogP contribution >= 0.6 is 11.8 Å². The molecule has 0 saturated heterocycles. The molecule has 0 aliphatic carbocycles. The number of hydrogen-bond acceptors (Lipinski definition) is 3. The van der Waals surface area contributed by atoms with E-state index in [-0.39, 0.29) is 0 Å². The van der Waals surface area contributed by atoms with Gasteiger partial charge in [0, 0.05) is 21.9 Å². The van der Waals surface area contributed by atoms with Crippen LogP contribution < -0.4 is 10.5 Å². The van der Waals surface area contributed by atoms with E-state index in [1.807, 2.05) is 30.0 Å². The number of nitrogen functional groups attached to an aromatic ring is 1. The van der Waals surface area contributed by atoms with Crippen LogP contribution in [0.2, 0.25) is 0 Å². The molecule has 2 nitrogen and oxygen atoms in total. The number of anilines is 1. The summed E-state index contributed by atoms with van der Waals surface area (Å²) in [7, 11) is 1.65. The van der Waals surface area contributed by atoms with Gasteiger partial charge in [-0.3, -0.25) is 0 Å². The topological polar surface area (TPSA) is 35.2 Å². The van der Waals surface area contributed by atoms with E-state index in [1.54, 1.807) is 7.11 Å². The highest BCUT2D eigenvalue weighted by Crippen LogP contribution is 2.32. The fourth-order valence-electron chi connectivity index (χ4n) is 1.06. The number of rotatable bonds is 4. The standard InChI is InChI=1S/C11H17NOS/c1-4-8(2)14-11-6-5-9(13-3)7-10(11)12/h5-8H,4,12H2,1-3H3. The Morgan fingerprint density at radius 2 is 2.21 bits per heavy atom. The highest BCUT2D eigenvalue weighted by molar-refractivity contribution is 8.00. The zero-order valence-corrected chi connectivity index (χ0v) is 9.73.